The Labute approximate surface area is 193 Å². The molecule has 1 saturated heterocycles. The molecule has 1 aromatic rings. The summed E-state index contributed by atoms with van der Waals surface area (Å²) in [5, 5.41) is 3.09. The molecule has 7 nitrogen and oxygen atoms in total. The Balaban J connectivity index is 1.67. The summed E-state index contributed by atoms with van der Waals surface area (Å²) < 4.78 is 32.3. The summed E-state index contributed by atoms with van der Waals surface area (Å²) in [6.45, 7) is 2.47. The fourth-order valence-electron chi connectivity index (χ4n) is 4.38. The molecule has 1 heterocycles. The highest BCUT2D eigenvalue weighted by Crippen LogP contribution is 2.35. The van der Waals surface area contributed by atoms with Crippen LogP contribution in [-0.2, 0) is 24.3 Å². The highest BCUT2D eigenvalue weighted by atomic mass is 35.5. The van der Waals surface area contributed by atoms with Crippen LogP contribution in [0.5, 0.6) is 0 Å². The van der Waals surface area contributed by atoms with Crippen molar-refractivity contribution in [2.24, 2.45) is 11.8 Å². The van der Waals surface area contributed by atoms with Gasteiger partial charge < -0.3 is 10.1 Å². The van der Waals surface area contributed by atoms with E-state index < -0.39 is 21.5 Å². The lowest BCUT2D eigenvalue weighted by Crippen LogP contribution is -2.58. The molecule has 10 heteroatoms. The summed E-state index contributed by atoms with van der Waals surface area (Å²) >= 11 is 12.2. The van der Waals surface area contributed by atoms with Crippen molar-refractivity contribution >= 4 is 45.1 Å². The predicted octanol–water partition coefficient (Wildman–Crippen LogP) is 3.63. The van der Waals surface area contributed by atoms with Gasteiger partial charge in [0.15, 0.2) is 0 Å². The van der Waals surface area contributed by atoms with Gasteiger partial charge in [-0.2, -0.15) is 4.31 Å². The van der Waals surface area contributed by atoms with E-state index in [4.69, 9.17) is 27.9 Å². The molecular formula is C21H28Cl2N2O5S. The van der Waals surface area contributed by atoms with Crippen LogP contribution >= 0.6 is 23.2 Å². The Bertz CT molecular complexity index is 917. The van der Waals surface area contributed by atoms with Gasteiger partial charge in [-0.15, -0.1) is 0 Å². The predicted molar refractivity (Wildman–Crippen MR) is 118 cm³/mol. The van der Waals surface area contributed by atoms with E-state index in [1.54, 1.807) is 6.07 Å². The highest BCUT2D eigenvalue weighted by Gasteiger charge is 2.45. The van der Waals surface area contributed by atoms with E-state index in [1.807, 2.05) is 0 Å². The van der Waals surface area contributed by atoms with Crippen molar-refractivity contribution < 1.29 is 22.7 Å². The first-order chi connectivity index (χ1) is 14.6. The molecule has 0 aromatic heterocycles. The largest absolute Gasteiger partial charge is 0.467 e. The minimum Gasteiger partial charge on any atom is -0.467 e. The number of piperidine rings is 1. The normalized spacial score (nSPS) is 25.7. The van der Waals surface area contributed by atoms with E-state index in [1.165, 1.54) is 23.5 Å². The Morgan fingerprint density at radius 2 is 1.65 bits per heavy atom. The standard InChI is InChI=1S/C21H28Cl2N2O5S/c1-14-6-10-21(11-7-14,20(27)30-2)24-19(26)15-8-12-25(13-9-15)31(28,29)18-16(22)4-3-5-17(18)23/h3-5,14-15H,6-13H2,1-2H3,(H,24,26). The lowest BCUT2D eigenvalue weighted by Gasteiger charge is -2.39. The Morgan fingerprint density at radius 3 is 2.16 bits per heavy atom. The summed E-state index contributed by atoms with van der Waals surface area (Å²) in [6, 6.07) is 4.55. The van der Waals surface area contributed by atoms with Crippen LogP contribution in [0.15, 0.2) is 23.1 Å². The number of ether oxygens (including phenoxy) is 1. The molecule has 0 bridgehead atoms. The Hall–Kier alpha value is -1.35. The van der Waals surface area contributed by atoms with Gasteiger partial charge in [0, 0.05) is 19.0 Å². The molecule has 1 aliphatic carbocycles. The number of sulfonamides is 1. The number of hydrogen-bond acceptors (Lipinski definition) is 5. The van der Waals surface area contributed by atoms with Crippen molar-refractivity contribution in [2.45, 2.75) is 55.9 Å². The second kappa shape index (κ2) is 9.65. The third-order valence-corrected chi connectivity index (χ3v) is 9.26. The second-order valence-corrected chi connectivity index (χ2v) is 11.2. The molecule has 2 aliphatic rings. The highest BCUT2D eigenvalue weighted by molar-refractivity contribution is 7.89. The molecule has 1 amide bonds. The van der Waals surface area contributed by atoms with E-state index in [2.05, 4.69) is 12.2 Å². The summed E-state index contributed by atoms with van der Waals surface area (Å²) in [5.74, 6) is -0.525. The maximum Gasteiger partial charge on any atom is 0.331 e. The van der Waals surface area contributed by atoms with Gasteiger partial charge in [0.05, 0.1) is 17.2 Å². The number of carbonyl (C=O) groups excluding carboxylic acids is 2. The van der Waals surface area contributed by atoms with Crippen LogP contribution < -0.4 is 5.32 Å². The van der Waals surface area contributed by atoms with Crippen LogP contribution in [0.3, 0.4) is 0 Å². The van der Waals surface area contributed by atoms with E-state index in [9.17, 15) is 18.0 Å². The van der Waals surface area contributed by atoms with Crippen LogP contribution in [0.25, 0.3) is 0 Å². The first-order valence-electron chi connectivity index (χ1n) is 10.5. The quantitative estimate of drug-likeness (QED) is 0.635. The van der Waals surface area contributed by atoms with Crippen LogP contribution in [-0.4, -0.2) is 50.3 Å². The number of halogens is 2. The molecule has 0 atom stereocenters. The van der Waals surface area contributed by atoms with Gasteiger partial charge in [-0.1, -0.05) is 36.2 Å². The number of methoxy groups -OCH3 is 1. The molecule has 1 N–H and O–H groups in total. The number of nitrogens with zero attached hydrogens (tertiary/aromatic N) is 1. The van der Waals surface area contributed by atoms with Crippen molar-refractivity contribution in [3.63, 3.8) is 0 Å². The topological polar surface area (TPSA) is 92.8 Å². The third-order valence-electron chi connectivity index (χ3n) is 6.41. The van der Waals surface area contributed by atoms with Gasteiger partial charge in [0.2, 0.25) is 15.9 Å². The number of amides is 1. The lowest BCUT2D eigenvalue weighted by molar-refractivity contribution is -0.153. The molecule has 1 saturated carbocycles. The number of hydrogen-bond donors (Lipinski definition) is 1. The second-order valence-electron chi connectivity index (χ2n) is 8.47. The maximum atomic E-state index is 13.0. The van der Waals surface area contributed by atoms with Crippen molar-refractivity contribution in [3.8, 4) is 0 Å². The van der Waals surface area contributed by atoms with Crippen molar-refractivity contribution in [1.82, 2.24) is 9.62 Å². The SMILES string of the molecule is COC(=O)C1(NC(=O)C2CCN(S(=O)(=O)c3c(Cl)cccc3Cl)CC2)CCC(C)CC1. The van der Waals surface area contributed by atoms with E-state index in [0.717, 1.165) is 12.8 Å². The summed E-state index contributed by atoms with van der Waals surface area (Å²) in [5.41, 5.74) is -0.993. The molecule has 0 spiro atoms. The molecule has 172 valence electrons. The average molecular weight is 491 g/mol. The molecule has 0 radical (unpaired) electrons. The fourth-order valence-corrected chi connectivity index (χ4v) is 6.95. The van der Waals surface area contributed by atoms with Crippen molar-refractivity contribution in [2.75, 3.05) is 20.2 Å². The zero-order valence-corrected chi connectivity index (χ0v) is 20.0. The number of nitrogens with one attached hydrogen (secondary N) is 1. The summed E-state index contributed by atoms with van der Waals surface area (Å²) in [6.07, 6.45) is 3.46. The first kappa shape index (κ1) is 24.3. The molecule has 0 unspecified atom stereocenters. The molecule has 1 aromatic carbocycles. The first-order valence-corrected chi connectivity index (χ1v) is 12.6. The Morgan fingerprint density at radius 1 is 1.10 bits per heavy atom. The van der Waals surface area contributed by atoms with E-state index in [-0.39, 0.29) is 39.9 Å². The smallest absolute Gasteiger partial charge is 0.331 e. The molecule has 2 fully saturated rings. The van der Waals surface area contributed by atoms with Gasteiger partial charge >= 0.3 is 5.97 Å². The van der Waals surface area contributed by atoms with Crippen molar-refractivity contribution in [3.05, 3.63) is 28.2 Å². The molecular weight excluding hydrogens is 463 g/mol. The van der Waals surface area contributed by atoms with Crippen LogP contribution in [0, 0.1) is 11.8 Å². The zero-order valence-electron chi connectivity index (χ0n) is 17.7. The Kier molecular flexibility index (Phi) is 7.56. The number of rotatable bonds is 5. The average Bonchev–Trinajstić information content (AvgIpc) is 2.74. The van der Waals surface area contributed by atoms with E-state index in [0.29, 0.717) is 31.6 Å². The van der Waals surface area contributed by atoms with Gasteiger partial charge in [-0.05, 0) is 56.6 Å². The maximum absolute atomic E-state index is 13.0. The van der Waals surface area contributed by atoms with Crippen LogP contribution in [0.4, 0.5) is 0 Å². The van der Waals surface area contributed by atoms with Crippen molar-refractivity contribution in [1.29, 1.82) is 0 Å². The molecule has 1 aliphatic heterocycles. The number of esters is 1. The van der Waals surface area contributed by atoms with Gasteiger partial charge in [0.1, 0.15) is 10.4 Å². The zero-order chi connectivity index (χ0) is 22.8. The molecule has 3 rings (SSSR count). The van der Waals surface area contributed by atoms with Gasteiger partial charge in [-0.25, -0.2) is 13.2 Å². The number of benzene rings is 1. The number of carbonyl (C=O) groups is 2. The van der Waals surface area contributed by atoms with Crippen LogP contribution in [0.2, 0.25) is 10.0 Å². The minimum absolute atomic E-state index is 0.0684. The third kappa shape index (κ3) is 5.02. The summed E-state index contributed by atoms with van der Waals surface area (Å²) in [7, 11) is -2.54. The van der Waals surface area contributed by atoms with Crippen LogP contribution in [0.1, 0.15) is 45.4 Å². The fraction of sp³-hybridized carbons (Fsp3) is 0.619. The monoisotopic (exact) mass is 490 g/mol. The summed E-state index contributed by atoms with van der Waals surface area (Å²) in [4.78, 5) is 25.3. The lowest BCUT2D eigenvalue weighted by atomic mass is 9.76. The molecule has 31 heavy (non-hydrogen) atoms. The minimum atomic E-state index is -3.87. The van der Waals surface area contributed by atoms with E-state index >= 15 is 0 Å². The van der Waals surface area contributed by atoms with Gasteiger partial charge in [-0.3, -0.25) is 4.79 Å². The van der Waals surface area contributed by atoms with Gasteiger partial charge in [0.25, 0.3) is 0 Å².